The maximum atomic E-state index is 12.2. The number of fused-ring (bicyclic) bond motifs is 1. The molecule has 0 bridgehead atoms. The minimum absolute atomic E-state index is 0.107. The van der Waals surface area contributed by atoms with E-state index >= 15 is 0 Å². The quantitative estimate of drug-likeness (QED) is 0.749. The topological polar surface area (TPSA) is 68.5 Å². The van der Waals surface area contributed by atoms with Gasteiger partial charge in [-0.05, 0) is 24.6 Å². The Labute approximate surface area is 145 Å². The molecule has 2 aromatic carbocycles. The lowest BCUT2D eigenvalue weighted by Gasteiger charge is -2.14. The number of carbonyl (C=O) groups is 1. The van der Waals surface area contributed by atoms with Crippen LogP contribution in [0.4, 0.5) is 0 Å². The number of ether oxygens (including phenoxy) is 1. The summed E-state index contributed by atoms with van der Waals surface area (Å²) in [4.78, 5) is 23.1. The fourth-order valence-electron chi connectivity index (χ4n) is 2.83. The van der Waals surface area contributed by atoms with Gasteiger partial charge >= 0.3 is 5.97 Å². The van der Waals surface area contributed by atoms with Crippen LogP contribution >= 0.6 is 0 Å². The summed E-state index contributed by atoms with van der Waals surface area (Å²) in [7, 11) is 0. The molecular formula is C20H19NO4. The minimum Gasteiger partial charge on any atom is -0.487 e. The number of para-hydroxylation sites is 1. The van der Waals surface area contributed by atoms with Crippen molar-refractivity contribution in [3.63, 3.8) is 0 Å². The molecule has 0 saturated carbocycles. The first-order valence-corrected chi connectivity index (χ1v) is 8.07. The lowest BCUT2D eigenvalue weighted by Crippen LogP contribution is -2.21. The van der Waals surface area contributed by atoms with Gasteiger partial charge in [-0.15, -0.1) is 0 Å². The van der Waals surface area contributed by atoms with E-state index in [4.69, 9.17) is 9.84 Å². The number of rotatable bonds is 6. The highest BCUT2D eigenvalue weighted by molar-refractivity contribution is 5.85. The van der Waals surface area contributed by atoms with Gasteiger partial charge in [-0.25, -0.2) is 0 Å². The van der Waals surface area contributed by atoms with Gasteiger partial charge in [0.15, 0.2) is 0 Å². The SMILES string of the molecule is Cc1cccc(COc2cccc3ccc(=O)n(CCC(=O)O)c23)c1. The van der Waals surface area contributed by atoms with Gasteiger partial charge in [0.25, 0.3) is 5.56 Å². The number of aromatic nitrogens is 1. The van der Waals surface area contributed by atoms with E-state index in [1.807, 2.05) is 43.3 Å². The van der Waals surface area contributed by atoms with Crippen LogP contribution in [0.1, 0.15) is 17.5 Å². The second kappa shape index (κ2) is 7.21. The van der Waals surface area contributed by atoms with E-state index in [1.54, 1.807) is 12.1 Å². The highest BCUT2D eigenvalue weighted by atomic mass is 16.5. The average Bonchev–Trinajstić information content (AvgIpc) is 2.59. The first-order valence-electron chi connectivity index (χ1n) is 8.07. The summed E-state index contributed by atoms with van der Waals surface area (Å²) >= 11 is 0. The Morgan fingerprint density at radius 3 is 2.68 bits per heavy atom. The second-order valence-electron chi connectivity index (χ2n) is 5.94. The van der Waals surface area contributed by atoms with Crippen LogP contribution in [0.3, 0.4) is 0 Å². The standard InChI is InChI=1S/C20H19NO4/c1-14-4-2-5-15(12-14)13-25-17-7-3-6-16-8-9-18(22)21(20(16)17)11-10-19(23)24/h2-9,12H,10-11,13H2,1H3,(H,23,24). The Balaban J connectivity index is 1.98. The Morgan fingerprint density at radius 2 is 1.92 bits per heavy atom. The Morgan fingerprint density at radius 1 is 1.12 bits per heavy atom. The number of aliphatic carboxylic acids is 1. The molecule has 0 amide bonds. The van der Waals surface area contributed by atoms with Crippen molar-refractivity contribution in [2.45, 2.75) is 26.5 Å². The number of benzene rings is 2. The van der Waals surface area contributed by atoms with Gasteiger partial charge in [-0.3, -0.25) is 9.59 Å². The van der Waals surface area contributed by atoms with Gasteiger partial charge in [0, 0.05) is 18.0 Å². The monoisotopic (exact) mass is 337 g/mol. The summed E-state index contributed by atoms with van der Waals surface area (Å²) in [6.45, 7) is 2.50. The molecule has 0 fully saturated rings. The van der Waals surface area contributed by atoms with Gasteiger partial charge in [0.05, 0.1) is 11.9 Å². The Hall–Kier alpha value is -3.08. The molecule has 128 valence electrons. The Kier molecular flexibility index (Phi) is 4.84. The largest absolute Gasteiger partial charge is 0.487 e. The molecule has 3 aromatic rings. The van der Waals surface area contributed by atoms with E-state index in [9.17, 15) is 9.59 Å². The predicted molar refractivity (Wildman–Crippen MR) is 96.0 cm³/mol. The van der Waals surface area contributed by atoms with Crippen molar-refractivity contribution in [1.82, 2.24) is 4.57 Å². The second-order valence-corrected chi connectivity index (χ2v) is 5.94. The molecule has 0 unspecified atom stereocenters. The van der Waals surface area contributed by atoms with Crippen molar-refractivity contribution in [2.24, 2.45) is 0 Å². The summed E-state index contributed by atoms with van der Waals surface area (Å²) < 4.78 is 7.42. The van der Waals surface area contributed by atoms with E-state index in [0.29, 0.717) is 17.9 Å². The predicted octanol–water partition coefficient (Wildman–Crippen LogP) is 3.36. The molecule has 1 N–H and O–H groups in total. The van der Waals surface area contributed by atoms with Crippen LogP contribution in [0, 0.1) is 6.92 Å². The summed E-state index contributed by atoms with van der Waals surface area (Å²) in [5, 5.41) is 9.78. The molecule has 0 aliphatic carbocycles. The molecule has 0 aliphatic rings. The number of pyridine rings is 1. The van der Waals surface area contributed by atoms with Crippen LogP contribution in [0.15, 0.2) is 59.4 Å². The molecule has 1 heterocycles. The molecule has 0 aliphatic heterocycles. The number of hydrogen-bond donors (Lipinski definition) is 1. The Bertz CT molecular complexity index is 975. The van der Waals surface area contributed by atoms with Crippen molar-refractivity contribution in [3.8, 4) is 5.75 Å². The third-order valence-electron chi connectivity index (χ3n) is 4.00. The number of hydrogen-bond acceptors (Lipinski definition) is 3. The van der Waals surface area contributed by atoms with Crippen molar-refractivity contribution in [2.75, 3.05) is 0 Å². The van der Waals surface area contributed by atoms with Gasteiger partial charge in [0.1, 0.15) is 12.4 Å². The summed E-state index contributed by atoms with van der Waals surface area (Å²) in [6.07, 6.45) is -0.120. The lowest BCUT2D eigenvalue weighted by molar-refractivity contribution is -0.137. The molecule has 1 aromatic heterocycles. The minimum atomic E-state index is -0.943. The summed E-state index contributed by atoms with van der Waals surface area (Å²) in [5.74, 6) is -0.371. The molecular weight excluding hydrogens is 318 g/mol. The van der Waals surface area contributed by atoms with Crippen molar-refractivity contribution >= 4 is 16.9 Å². The molecule has 0 saturated heterocycles. The number of carboxylic acids is 1. The van der Waals surface area contributed by atoms with Crippen LogP contribution in [-0.4, -0.2) is 15.6 Å². The van der Waals surface area contributed by atoms with Crippen LogP contribution in [-0.2, 0) is 17.9 Å². The maximum absolute atomic E-state index is 12.2. The van der Waals surface area contributed by atoms with E-state index in [0.717, 1.165) is 16.5 Å². The molecule has 25 heavy (non-hydrogen) atoms. The summed E-state index contributed by atoms with van der Waals surface area (Å²) in [6, 6.07) is 16.7. The summed E-state index contributed by atoms with van der Waals surface area (Å²) in [5.41, 5.74) is 2.58. The smallest absolute Gasteiger partial charge is 0.305 e. The molecule has 0 spiro atoms. The molecule has 5 nitrogen and oxygen atoms in total. The van der Waals surface area contributed by atoms with E-state index in [-0.39, 0.29) is 18.5 Å². The molecule has 5 heteroatoms. The highest BCUT2D eigenvalue weighted by Crippen LogP contribution is 2.25. The van der Waals surface area contributed by atoms with Gasteiger partial charge in [-0.2, -0.15) is 0 Å². The van der Waals surface area contributed by atoms with E-state index in [2.05, 4.69) is 0 Å². The molecule has 0 radical (unpaired) electrons. The first kappa shape index (κ1) is 16.8. The zero-order valence-electron chi connectivity index (χ0n) is 13.9. The van der Waals surface area contributed by atoms with Crippen LogP contribution < -0.4 is 10.3 Å². The van der Waals surface area contributed by atoms with Gasteiger partial charge in [-0.1, -0.05) is 42.0 Å². The zero-order chi connectivity index (χ0) is 17.8. The van der Waals surface area contributed by atoms with E-state index in [1.165, 1.54) is 10.6 Å². The number of carboxylic acid groups (broad SMARTS) is 1. The van der Waals surface area contributed by atoms with E-state index < -0.39 is 5.97 Å². The third-order valence-corrected chi connectivity index (χ3v) is 4.00. The highest BCUT2D eigenvalue weighted by Gasteiger charge is 2.10. The van der Waals surface area contributed by atoms with Gasteiger partial charge in [0.2, 0.25) is 0 Å². The molecule has 0 atom stereocenters. The van der Waals surface area contributed by atoms with Crippen LogP contribution in [0.2, 0.25) is 0 Å². The fraction of sp³-hybridized carbons (Fsp3) is 0.200. The maximum Gasteiger partial charge on any atom is 0.305 e. The van der Waals surface area contributed by atoms with Crippen LogP contribution in [0.25, 0.3) is 10.9 Å². The zero-order valence-corrected chi connectivity index (χ0v) is 13.9. The van der Waals surface area contributed by atoms with Gasteiger partial charge < -0.3 is 14.4 Å². The first-order chi connectivity index (χ1) is 12.0. The van der Waals surface area contributed by atoms with Crippen molar-refractivity contribution < 1.29 is 14.6 Å². The number of nitrogens with zero attached hydrogens (tertiary/aromatic N) is 1. The van der Waals surface area contributed by atoms with Crippen molar-refractivity contribution in [3.05, 3.63) is 76.1 Å². The number of aryl methyl sites for hydroxylation is 2. The normalized spacial score (nSPS) is 10.8. The fourth-order valence-corrected chi connectivity index (χ4v) is 2.83. The third kappa shape index (κ3) is 3.88. The van der Waals surface area contributed by atoms with Crippen molar-refractivity contribution in [1.29, 1.82) is 0 Å². The van der Waals surface area contributed by atoms with Crippen LogP contribution in [0.5, 0.6) is 5.75 Å². The average molecular weight is 337 g/mol. The lowest BCUT2D eigenvalue weighted by atomic mass is 10.1. The molecule has 3 rings (SSSR count).